The lowest BCUT2D eigenvalue weighted by atomic mass is 9.95. The van der Waals surface area contributed by atoms with Gasteiger partial charge in [0.05, 0.1) is 5.69 Å². The number of carbonyl (C=O) groups excluding carboxylic acids is 1. The van der Waals surface area contributed by atoms with Crippen molar-refractivity contribution in [2.75, 3.05) is 26.7 Å². The van der Waals surface area contributed by atoms with E-state index in [4.69, 9.17) is 4.98 Å². The normalized spacial score (nSPS) is 22.9. The Morgan fingerprint density at radius 1 is 1.17 bits per heavy atom. The van der Waals surface area contributed by atoms with Crippen LogP contribution < -0.4 is 5.56 Å². The van der Waals surface area contributed by atoms with Gasteiger partial charge < -0.3 is 14.8 Å². The molecule has 0 radical (unpaired) electrons. The van der Waals surface area contributed by atoms with Crippen molar-refractivity contribution in [1.29, 1.82) is 0 Å². The highest BCUT2D eigenvalue weighted by atomic mass is 16.2. The minimum Gasteiger partial charge on any atom is -0.342 e. The second-order valence-electron chi connectivity index (χ2n) is 7.24. The molecule has 6 heteroatoms. The smallest absolute Gasteiger partial charge is 0.254 e. The molecule has 23 heavy (non-hydrogen) atoms. The van der Waals surface area contributed by atoms with E-state index >= 15 is 0 Å². The molecule has 4 rings (SSSR count). The third-order valence-corrected chi connectivity index (χ3v) is 5.40. The topological polar surface area (TPSA) is 69.3 Å². The molecule has 0 unspecified atom stereocenters. The summed E-state index contributed by atoms with van der Waals surface area (Å²) < 4.78 is 0. The Kier molecular flexibility index (Phi) is 3.71. The van der Waals surface area contributed by atoms with Gasteiger partial charge in [-0.05, 0) is 39.2 Å². The monoisotopic (exact) mass is 316 g/mol. The number of aromatic nitrogens is 2. The van der Waals surface area contributed by atoms with Crippen molar-refractivity contribution in [3.63, 3.8) is 0 Å². The van der Waals surface area contributed by atoms with Crippen LogP contribution in [0.1, 0.15) is 48.7 Å². The van der Waals surface area contributed by atoms with Crippen molar-refractivity contribution >= 4 is 5.91 Å². The number of nitrogens with one attached hydrogen (secondary N) is 1. The molecular weight excluding hydrogens is 292 g/mol. The zero-order chi connectivity index (χ0) is 16.0. The summed E-state index contributed by atoms with van der Waals surface area (Å²) in [6, 6.07) is 0. The molecule has 1 N–H and O–H groups in total. The van der Waals surface area contributed by atoms with E-state index in [1.54, 1.807) is 0 Å². The highest BCUT2D eigenvalue weighted by molar-refractivity contribution is 5.81. The van der Waals surface area contributed by atoms with E-state index in [9.17, 15) is 9.59 Å². The Hall–Kier alpha value is -1.69. The van der Waals surface area contributed by atoms with Gasteiger partial charge >= 0.3 is 0 Å². The highest BCUT2D eigenvalue weighted by Crippen LogP contribution is 2.33. The summed E-state index contributed by atoms with van der Waals surface area (Å²) in [5.41, 5.74) is 1.83. The summed E-state index contributed by atoms with van der Waals surface area (Å²) in [6.07, 6.45) is 4.70. The average molecular weight is 316 g/mol. The summed E-state index contributed by atoms with van der Waals surface area (Å²) in [6.45, 7) is 3.26. The number of aromatic amines is 1. The first-order valence-corrected chi connectivity index (χ1v) is 8.71. The molecule has 1 amide bonds. The number of nitrogens with zero attached hydrogens (tertiary/aromatic N) is 3. The predicted molar refractivity (Wildman–Crippen MR) is 86.2 cm³/mol. The van der Waals surface area contributed by atoms with Gasteiger partial charge in [-0.3, -0.25) is 9.59 Å². The zero-order valence-corrected chi connectivity index (χ0v) is 13.7. The third-order valence-electron chi connectivity index (χ3n) is 5.40. The molecular formula is C17H24N4O2. The number of likely N-dealkylation sites (tertiary alicyclic amines) is 1. The van der Waals surface area contributed by atoms with Crippen LogP contribution in [0.25, 0.3) is 0 Å². The molecule has 1 saturated carbocycles. The minimum atomic E-state index is 0.0367. The number of H-pyrrole nitrogens is 1. The molecule has 1 aromatic rings. The van der Waals surface area contributed by atoms with Gasteiger partial charge in [0.15, 0.2) is 0 Å². The molecule has 0 aromatic carbocycles. The van der Waals surface area contributed by atoms with Gasteiger partial charge in [0.1, 0.15) is 5.82 Å². The maximum absolute atomic E-state index is 12.3. The molecule has 1 saturated heterocycles. The van der Waals surface area contributed by atoms with E-state index < -0.39 is 0 Å². The summed E-state index contributed by atoms with van der Waals surface area (Å²) in [7, 11) is 2.06. The van der Waals surface area contributed by atoms with Crippen molar-refractivity contribution in [3.05, 3.63) is 27.4 Å². The maximum atomic E-state index is 12.3. The quantitative estimate of drug-likeness (QED) is 0.879. The second-order valence-corrected chi connectivity index (χ2v) is 7.24. The van der Waals surface area contributed by atoms with Gasteiger partial charge in [-0.15, -0.1) is 0 Å². The standard InChI is InChI=1S/C17H24N4O2/c1-20-7-6-13-14(10-20)18-15(19-16(13)22)11-4-8-21(9-5-11)17(23)12-2-3-12/h11-12H,2-10H2,1H3,(H,18,19,22). The van der Waals surface area contributed by atoms with E-state index in [1.807, 2.05) is 4.90 Å². The number of carbonyl (C=O) groups is 1. The second kappa shape index (κ2) is 5.74. The van der Waals surface area contributed by atoms with Gasteiger partial charge in [-0.25, -0.2) is 4.98 Å². The molecule has 2 aliphatic heterocycles. The van der Waals surface area contributed by atoms with Crippen LogP contribution in [-0.4, -0.2) is 52.4 Å². The molecule has 2 fully saturated rings. The van der Waals surface area contributed by atoms with E-state index in [1.165, 1.54) is 0 Å². The first-order chi connectivity index (χ1) is 11.1. The predicted octanol–water partition coefficient (Wildman–Crippen LogP) is 0.874. The van der Waals surface area contributed by atoms with E-state index in [0.29, 0.717) is 11.8 Å². The van der Waals surface area contributed by atoms with E-state index in [0.717, 1.165) is 75.4 Å². The lowest BCUT2D eigenvalue weighted by Gasteiger charge is -2.32. The van der Waals surface area contributed by atoms with E-state index in [-0.39, 0.29) is 11.5 Å². The van der Waals surface area contributed by atoms with Crippen LogP contribution in [-0.2, 0) is 17.8 Å². The SMILES string of the molecule is CN1CCc2c(nc(C3CCN(C(=O)C4CC4)CC3)[nH]c2=O)C1. The van der Waals surface area contributed by atoms with Crippen molar-refractivity contribution in [1.82, 2.24) is 19.8 Å². The Morgan fingerprint density at radius 2 is 1.91 bits per heavy atom. The largest absolute Gasteiger partial charge is 0.342 e. The molecule has 0 bridgehead atoms. The zero-order valence-electron chi connectivity index (χ0n) is 13.7. The third kappa shape index (κ3) is 2.92. The lowest BCUT2D eigenvalue weighted by molar-refractivity contribution is -0.133. The van der Waals surface area contributed by atoms with Gasteiger partial charge in [-0.2, -0.15) is 0 Å². The van der Waals surface area contributed by atoms with Crippen LogP contribution in [0.3, 0.4) is 0 Å². The van der Waals surface area contributed by atoms with Crippen LogP contribution in [0, 0.1) is 5.92 Å². The maximum Gasteiger partial charge on any atom is 0.254 e. The summed E-state index contributed by atoms with van der Waals surface area (Å²) in [4.78, 5) is 36.4. The first-order valence-electron chi connectivity index (χ1n) is 8.71. The number of fused-ring (bicyclic) bond motifs is 1. The number of amides is 1. The molecule has 0 atom stereocenters. The summed E-state index contributed by atoms with van der Waals surface area (Å²) in [5, 5.41) is 0. The molecule has 1 aliphatic carbocycles. The number of hydrogen-bond donors (Lipinski definition) is 1. The first kappa shape index (κ1) is 14.9. The van der Waals surface area contributed by atoms with E-state index in [2.05, 4.69) is 16.9 Å². The van der Waals surface area contributed by atoms with Crippen molar-refractivity contribution in [3.8, 4) is 0 Å². The molecule has 6 nitrogen and oxygen atoms in total. The van der Waals surface area contributed by atoms with Gasteiger partial charge in [0.25, 0.3) is 5.56 Å². The number of rotatable bonds is 2. The molecule has 0 spiro atoms. The highest BCUT2D eigenvalue weighted by Gasteiger charge is 2.35. The summed E-state index contributed by atoms with van der Waals surface area (Å²) >= 11 is 0. The molecule has 1 aromatic heterocycles. The fourth-order valence-electron chi connectivity index (χ4n) is 3.74. The van der Waals surface area contributed by atoms with Gasteiger partial charge in [0.2, 0.25) is 5.91 Å². The fourth-order valence-corrected chi connectivity index (χ4v) is 3.74. The van der Waals surface area contributed by atoms with Crippen LogP contribution in [0.15, 0.2) is 4.79 Å². The average Bonchev–Trinajstić information content (AvgIpc) is 3.38. The fraction of sp³-hybridized carbons (Fsp3) is 0.706. The van der Waals surface area contributed by atoms with Crippen LogP contribution in [0.5, 0.6) is 0 Å². The Balaban J connectivity index is 1.49. The van der Waals surface area contributed by atoms with Gasteiger partial charge in [-0.1, -0.05) is 0 Å². The Morgan fingerprint density at radius 3 is 2.61 bits per heavy atom. The van der Waals surface area contributed by atoms with Gasteiger partial charge in [0, 0.05) is 43.6 Å². The Labute approximate surface area is 135 Å². The lowest BCUT2D eigenvalue weighted by Crippen LogP contribution is -2.40. The van der Waals surface area contributed by atoms with Crippen LogP contribution >= 0.6 is 0 Å². The van der Waals surface area contributed by atoms with Crippen molar-refractivity contribution in [2.24, 2.45) is 5.92 Å². The molecule has 3 aliphatic rings. The number of piperidine rings is 1. The molecule has 3 heterocycles. The van der Waals surface area contributed by atoms with Crippen molar-refractivity contribution < 1.29 is 4.79 Å². The minimum absolute atomic E-state index is 0.0367. The molecule has 124 valence electrons. The van der Waals surface area contributed by atoms with Crippen molar-refractivity contribution in [2.45, 2.75) is 44.6 Å². The summed E-state index contributed by atoms with van der Waals surface area (Å²) in [5.74, 6) is 1.71. The number of likely N-dealkylation sites (N-methyl/N-ethyl adjacent to an activating group) is 1. The van der Waals surface area contributed by atoms with Crippen LogP contribution in [0.4, 0.5) is 0 Å². The number of hydrogen-bond acceptors (Lipinski definition) is 4. The van der Waals surface area contributed by atoms with Crippen LogP contribution in [0.2, 0.25) is 0 Å². The Bertz CT molecular complexity index is 672.